The molecule has 4 nitrogen and oxygen atoms in total. The van der Waals surface area contributed by atoms with Crippen molar-refractivity contribution in [1.29, 1.82) is 0 Å². The summed E-state index contributed by atoms with van der Waals surface area (Å²) in [6.45, 7) is 3.20. The van der Waals surface area contributed by atoms with Gasteiger partial charge in [0.15, 0.2) is 0 Å². The number of rotatable bonds is 4. The number of hydrogen-bond acceptors (Lipinski definition) is 4. The van der Waals surface area contributed by atoms with Crippen molar-refractivity contribution in [2.45, 2.75) is 18.9 Å². The second-order valence-corrected chi connectivity index (χ2v) is 5.72. The molecule has 3 fully saturated rings. The van der Waals surface area contributed by atoms with Gasteiger partial charge in [-0.15, -0.1) is 0 Å². The lowest BCUT2D eigenvalue weighted by Gasteiger charge is -2.43. The monoisotopic (exact) mass is 287 g/mol. The number of carbonyl (C=O) groups is 1. The van der Waals surface area contributed by atoms with E-state index >= 15 is 0 Å². The summed E-state index contributed by atoms with van der Waals surface area (Å²) in [5.74, 6) is 1.11. The normalized spacial score (nSPS) is 27.8. The van der Waals surface area contributed by atoms with Crippen LogP contribution in [0.2, 0.25) is 0 Å². The number of hydrogen-bond donors (Lipinski definition) is 0. The number of ether oxygens (including phenoxy) is 2. The Kier molecular flexibility index (Phi) is 4.25. The van der Waals surface area contributed by atoms with Crippen LogP contribution in [0.4, 0.5) is 0 Å². The van der Waals surface area contributed by atoms with E-state index in [1.165, 1.54) is 6.08 Å². The minimum atomic E-state index is -0.246. The quantitative estimate of drug-likeness (QED) is 0.629. The third-order valence-electron chi connectivity index (χ3n) is 4.39. The van der Waals surface area contributed by atoms with Crippen molar-refractivity contribution in [3.05, 3.63) is 35.9 Å². The Bertz CT molecular complexity index is 515. The molecule has 0 radical (unpaired) electrons. The van der Waals surface area contributed by atoms with Crippen LogP contribution < -0.4 is 4.74 Å². The van der Waals surface area contributed by atoms with Gasteiger partial charge in [-0.2, -0.15) is 0 Å². The van der Waals surface area contributed by atoms with Crippen molar-refractivity contribution in [3.63, 3.8) is 0 Å². The third-order valence-corrected chi connectivity index (χ3v) is 4.39. The zero-order valence-electron chi connectivity index (χ0n) is 12.3. The van der Waals surface area contributed by atoms with Crippen LogP contribution in [0.15, 0.2) is 30.3 Å². The fourth-order valence-corrected chi connectivity index (χ4v) is 3.11. The highest BCUT2D eigenvalue weighted by Gasteiger charge is 2.36. The van der Waals surface area contributed by atoms with E-state index in [9.17, 15) is 4.79 Å². The molecule has 2 bridgehead atoms. The van der Waals surface area contributed by atoms with Gasteiger partial charge < -0.3 is 9.47 Å². The standard InChI is InChI=1S/C17H21NO3/c1-20-15-5-2-13(3-6-15)4-7-17(19)21-16-12-18-10-8-14(16)9-11-18/h2-7,14,16H,8-12H2,1H3/t16-/m1/s1. The lowest BCUT2D eigenvalue weighted by atomic mass is 9.86. The summed E-state index contributed by atoms with van der Waals surface area (Å²) in [5.41, 5.74) is 0.960. The summed E-state index contributed by atoms with van der Waals surface area (Å²) in [6.07, 6.45) is 5.67. The van der Waals surface area contributed by atoms with Crippen molar-refractivity contribution in [1.82, 2.24) is 4.90 Å². The van der Waals surface area contributed by atoms with Gasteiger partial charge in [-0.25, -0.2) is 4.79 Å². The van der Waals surface area contributed by atoms with Crippen LogP contribution in [0.3, 0.4) is 0 Å². The predicted octanol–water partition coefficient (Wildman–Crippen LogP) is 2.35. The van der Waals surface area contributed by atoms with Gasteiger partial charge in [-0.05, 0) is 55.6 Å². The Morgan fingerprint density at radius 2 is 1.95 bits per heavy atom. The average molecular weight is 287 g/mol. The van der Waals surface area contributed by atoms with Gasteiger partial charge in [-0.1, -0.05) is 12.1 Å². The molecule has 3 aliphatic rings. The molecular weight excluding hydrogens is 266 g/mol. The smallest absolute Gasteiger partial charge is 0.331 e. The molecule has 1 aromatic carbocycles. The highest BCUT2D eigenvalue weighted by Crippen LogP contribution is 2.29. The lowest BCUT2D eigenvalue weighted by molar-refractivity contribution is -0.152. The summed E-state index contributed by atoms with van der Waals surface area (Å²) in [7, 11) is 1.64. The van der Waals surface area contributed by atoms with Gasteiger partial charge >= 0.3 is 5.97 Å². The molecule has 4 rings (SSSR count). The first-order chi connectivity index (χ1) is 10.2. The van der Waals surface area contributed by atoms with Crippen molar-refractivity contribution in [2.75, 3.05) is 26.7 Å². The molecule has 0 spiro atoms. The first kappa shape index (κ1) is 14.1. The van der Waals surface area contributed by atoms with Crippen molar-refractivity contribution >= 4 is 12.0 Å². The Labute approximate surface area is 125 Å². The summed E-state index contributed by atoms with van der Waals surface area (Å²) in [6, 6.07) is 7.57. The van der Waals surface area contributed by atoms with Crippen LogP contribution in [0, 0.1) is 5.92 Å². The molecule has 0 aromatic heterocycles. The average Bonchev–Trinajstić information content (AvgIpc) is 2.54. The molecule has 21 heavy (non-hydrogen) atoms. The number of esters is 1. The Morgan fingerprint density at radius 3 is 2.52 bits per heavy atom. The zero-order valence-corrected chi connectivity index (χ0v) is 12.3. The molecule has 0 unspecified atom stereocenters. The SMILES string of the molecule is COc1ccc(C=CC(=O)O[C@@H]2CN3CCC2CC3)cc1. The molecule has 3 saturated heterocycles. The molecule has 112 valence electrons. The Morgan fingerprint density at radius 1 is 1.24 bits per heavy atom. The fourth-order valence-electron chi connectivity index (χ4n) is 3.11. The van der Waals surface area contributed by atoms with Gasteiger partial charge in [0.25, 0.3) is 0 Å². The molecule has 3 heterocycles. The summed E-state index contributed by atoms with van der Waals surface area (Å²) >= 11 is 0. The van der Waals surface area contributed by atoms with Crippen LogP contribution in [-0.2, 0) is 9.53 Å². The number of benzene rings is 1. The van der Waals surface area contributed by atoms with Gasteiger partial charge in [-0.3, -0.25) is 4.90 Å². The molecular formula is C17H21NO3. The molecule has 1 aromatic rings. The van der Waals surface area contributed by atoms with Gasteiger partial charge in [0.2, 0.25) is 0 Å². The summed E-state index contributed by atoms with van der Waals surface area (Å²) in [4.78, 5) is 14.3. The van der Waals surface area contributed by atoms with Crippen LogP contribution in [0.1, 0.15) is 18.4 Å². The Hall–Kier alpha value is -1.81. The maximum atomic E-state index is 11.9. The maximum absolute atomic E-state index is 11.9. The maximum Gasteiger partial charge on any atom is 0.331 e. The van der Waals surface area contributed by atoms with Crippen molar-refractivity contribution in [2.24, 2.45) is 5.92 Å². The van der Waals surface area contributed by atoms with Gasteiger partial charge in [0.1, 0.15) is 11.9 Å². The van der Waals surface area contributed by atoms with Crippen LogP contribution in [0.5, 0.6) is 5.75 Å². The number of fused-ring (bicyclic) bond motifs is 3. The minimum absolute atomic E-state index is 0.0699. The number of piperidine rings is 3. The lowest BCUT2D eigenvalue weighted by Crippen LogP contribution is -2.51. The van der Waals surface area contributed by atoms with E-state index < -0.39 is 0 Å². The molecule has 3 aliphatic heterocycles. The fraction of sp³-hybridized carbons (Fsp3) is 0.471. The van der Waals surface area contributed by atoms with E-state index in [4.69, 9.17) is 9.47 Å². The van der Waals surface area contributed by atoms with E-state index in [0.717, 1.165) is 43.8 Å². The molecule has 0 saturated carbocycles. The topological polar surface area (TPSA) is 38.8 Å². The van der Waals surface area contributed by atoms with E-state index in [2.05, 4.69) is 4.90 Å². The second kappa shape index (κ2) is 6.31. The minimum Gasteiger partial charge on any atom is -0.497 e. The van der Waals surface area contributed by atoms with Crippen LogP contribution in [-0.4, -0.2) is 43.7 Å². The van der Waals surface area contributed by atoms with E-state index in [1.54, 1.807) is 13.2 Å². The van der Waals surface area contributed by atoms with Crippen molar-refractivity contribution < 1.29 is 14.3 Å². The van der Waals surface area contributed by atoms with Crippen LogP contribution in [0.25, 0.3) is 6.08 Å². The molecule has 1 atom stereocenters. The molecule has 0 amide bonds. The molecule has 0 aliphatic carbocycles. The van der Waals surface area contributed by atoms with Crippen molar-refractivity contribution in [3.8, 4) is 5.75 Å². The first-order valence-corrected chi connectivity index (χ1v) is 7.50. The highest BCUT2D eigenvalue weighted by atomic mass is 16.5. The number of nitrogens with zero attached hydrogens (tertiary/aromatic N) is 1. The van der Waals surface area contributed by atoms with E-state index in [1.807, 2.05) is 24.3 Å². The second-order valence-electron chi connectivity index (χ2n) is 5.72. The number of methoxy groups -OCH3 is 1. The summed E-state index contributed by atoms with van der Waals surface area (Å²) < 4.78 is 10.7. The zero-order chi connectivity index (χ0) is 14.7. The molecule has 0 N–H and O–H groups in total. The molecule has 4 heteroatoms. The van der Waals surface area contributed by atoms with E-state index in [-0.39, 0.29) is 12.1 Å². The van der Waals surface area contributed by atoms with Gasteiger partial charge in [0.05, 0.1) is 7.11 Å². The Balaban J connectivity index is 1.54. The van der Waals surface area contributed by atoms with Crippen LogP contribution >= 0.6 is 0 Å². The summed E-state index contributed by atoms with van der Waals surface area (Å²) in [5, 5.41) is 0. The van der Waals surface area contributed by atoms with E-state index in [0.29, 0.717) is 5.92 Å². The highest BCUT2D eigenvalue weighted by molar-refractivity contribution is 5.87. The largest absolute Gasteiger partial charge is 0.497 e. The third kappa shape index (κ3) is 3.45. The number of carbonyl (C=O) groups excluding carboxylic acids is 1. The first-order valence-electron chi connectivity index (χ1n) is 7.50. The van der Waals surface area contributed by atoms with Gasteiger partial charge in [0, 0.05) is 12.6 Å². The predicted molar refractivity (Wildman–Crippen MR) is 81.1 cm³/mol.